The molecular weight excluding hydrogens is 332 g/mol. The van der Waals surface area contributed by atoms with Gasteiger partial charge in [0.2, 0.25) is 0 Å². The monoisotopic (exact) mass is 346 g/mol. The van der Waals surface area contributed by atoms with Crippen LogP contribution >= 0.6 is 11.6 Å². The number of hydrogen-bond acceptors (Lipinski definition) is 7. The highest BCUT2D eigenvalue weighted by Gasteiger charge is 2.24. The minimum absolute atomic E-state index is 0.107. The number of aliphatic hydroxyl groups is 1. The first-order chi connectivity index (χ1) is 11.7. The summed E-state index contributed by atoms with van der Waals surface area (Å²) in [6.07, 6.45) is 1.73. The number of nitrogens with zero attached hydrogens (tertiary/aromatic N) is 3. The first-order valence-corrected chi connectivity index (χ1v) is 8.00. The van der Waals surface area contributed by atoms with E-state index < -0.39 is 6.10 Å². The van der Waals surface area contributed by atoms with Crippen LogP contribution in [-0.2, 0) is 4.74 Å². The Morgan fingerprint density at radius 3 is 3.04 bits per heavy atom. The van der Waals surface area contributed by atoms with Crippen LogP contribution in [0, 0.1) is 0 Å². The van der Waals surface area contributed by atoms with Crippen molar-refractivity contribution in [1.82, 2.24) is 15.3 Å². The highest BCUT2D eigenvalue weighted by atomic mass is 35.5. The van der Waals surface area contributed by atoms with Gasteiger partial charge in [-0.15, -0.1) is 0 Å². The van der Waals surface area contributed by atoms with Gasteiger partial charge in [-0.05, 0) is 28.9 Å². The second kappa shape index (κ2) is 6.35. The summed E-state index contributed by atoms with van der Waals surface area (Å²) in [4.78, 5) is 4.31. The van der Waals surface area contributed by atoms with Crippen molar-refractivity contribution in [1.29, 1.82) is 0 Å². The molecule has 1 aliphatic rings. The topological polar surface area (TPSA) is 93.3 Å². The van der Waals surface area contributed by atoms with Gasteiger partial charge in [0.05, 0.1) is 23.8 Å². The van der Waals surface area contributed by atoms with Gasteiger partial charge in [0.15, 0.2) is 0 Å². The highest BCUT2D eigenvalue weighted by molar-refractivity contribution is 6.33. The van der Waals surface area contributed by atoms with Crippen LogP contribution in [0.2, 0.25) is 5.02 Å². The van der Waals surface area contributed by atoms with E-state index in [0.717, 1.165) is 11.1 Å². The molecule has 1 fully saturated rings. The third-order valence-electron chi connectivity index (χ3n) is 4.09. The molecule has 0 bridgehead atoms. The predicted octanol–water partition coefficient (Wildman–Crippen LogP) is 2.50. The minimum Gasteiger partial charge on any atom is -0.389 e. The van der Waals surface area contributed by atoms with Gasteiger partial charge in [0, 0.05) is 23.9 Å². The number of aromatic nitrogens is 3. The second-order valence-corrected chi connectivity index (χ2v) is 6.08. The summed E-state index contributed by atoms with van der Waals surface area (Å²) in [5, 5.41) is 21.6. The Labute approximate surface area is 142 Å². The van der Waals surface area contributed by atoms with E-state index in [-0.39, 0.29) is 6.04 Å². The van der Waals surface area contributed by atoms with E-state index in [1.807, 2.05) is 24.3 Å². The van der Waals surface area contributed by atoms with Crippen LogP contribution in [0.1, 0.15) is 6.42 Å². The quantitative estimate of drug-likeness (QED) is 0.752. The number of hydrogen-bond donors (Lipinski definition) is 2. The molecule has 24 heavy (non-hydrogen) atoms. The average Bonchev–Trinajstić information content (AvgIpc) is 3.07. The smallest absolute Gasteiger partial charge is 0.143 e. The first kappa shape index (κ1) is 15.3. The summed E-state index contributed by atoms with van der Waals surface area (Å²) in [7, 11) is 0. The Kier molecular flexibility index (Phi) is 4.05. The van der Waals surface area contributed by atoms with Gasteiger partial charge >= 0.3 is 0 Å². The van der Waals surface area contributed by atoms with Crippen LogP contribution in [0.25, 0.3) is 22.2 Å². The van der Waals surface area contributed by atoms with E-state index in [4.69, 9.17) is 21.0 Å². The Bertz CT molecular complexity index is 869. The van der Waals surface area contributed by atoms with Crippen LogP contribution < -0.4 is 5.32 Å². The summed E-state index contributed by atoms with van der Waals surface area (Å²) >= 11 is 6.33. The Balaban J connectivity index is 1.70. The normalized spacial score (nSPS) is 21.1. The van der Waals surface area contributed by atoms with Crippen molar-refractivity contribution >= 4 is 28.5 Å². The number of anilines is 1. The summed E-state index contributed by atoms with van der Waals surface area (Å²) in [6.45, 7) is 0.932. The van der Waals surface area contributed by atoms with Crippen molar-refractivity contribution in [3.05, 3.63) is 35.5 Å². The van der Waals surface area contributed by atoms with E-state index in [0.29, 0.717) is 41.5 Å². The number of halogens is 1. The third kappa shape index (κ3) is 2.82. The molecule has 8 heteroatoms. The Morgan fingerprint density at radius 1 is 1.25 bits per heavy atom. The number of benzene rings is 1. The molecule has 0 saturated carbocycles. The van der Waals surface area contributed by atoms with Crippen LogP contribution in [0.15, 0.2) is 35.1 Å². The fourth-order valence-electron chi connectivity index (χ4n) is 2.83. The number of aliphatic hydroxyl groups excluding tert-OH is 1. The van der Waals surface area contributed by atoms with Gasteiger partial charge in [0.25, 0.3) is 0 Å². The van der Waals surface area contributed by atoms with Crippen molar-refractivity contribution in [2.45, 2.75) is 18.6 Å². The van der Waals surface area contributed by atoms with Crippen molar-refractivity contribution in [3.63, 3.8) is 0 Å². The number of fused-ring (bicyclic) bond motifs is 1. The van der Waals surface area contributed by atoms with E-state index in [1.165, 1.54) is 0 Å². The maximum atomic E-state index is 10.0. The van der Waals surface area contributed by atoms with Crippen LogP contribution in [0.4, 0.5) is 5.82 Å². The number of pyridine rings is 1. The van der Waals surface area contributed by atoms with E-state index in [9.17, 15) is 5.11 Å². The molecule has 1 saturated heterocycles. The molecule has 0 aliphatic carbocycles. The van der Waals surface area contributed by atoms with E-state index in [2.05, 4.69) is 20.6 Å². The minimum atomic E-state index is -0.567. The molecule has 4 rings (SSSR count). The van der Waals surface area contributed by atoms with Crippen molar-refractivity contribution < 1.29 is 14.5 Å². The van der Waals surface area contributed by atoms with Crippen molar-refractivity contribution in [3.8, 4) is 11.1 Å². The van der Waals surface area contributed by atoms with E-state index >= 15 is 0 Å². The molecule has 2 N–H and O–H groups in total. The summed E-state index contributed by atoms with van der Waals surface area (Å²) < 4.78 is 10.1. The number of nitrogens with one attached hydrogen (secondary N) is 1. The molecule has 124 valence electrons. The second-order valence-electron chi connectivity index (χ2n) is 5.67. The third-order valence-corrected chi connectivity index (χ3v) is 4.39. The zero-order chi connectivity index (χ0) is 16.5. The van der Waals surface area contributed by atoms with Crippen LogP contribution in [0.3, 0.4) is 0 Å². The molecule has 3 heterocycles. The maximum Gasteiger partial charge on any atom is 0.143 e. The zero-order valence-electron chi connectivity index (χ0n) is 12.6. The molecule has 3 aromatic rings. The lowest BCUT2D eigenvalue weighted by Gasteiger charge is -2.29. The zero-order valence-corrected chi connectivity index (χ0v) is 13.4. The van der Waals surface area contributed by atoms with E-state index in [1.54, 1.807) is 6.20 Å². The van der Waals surface area contributed by atoms with Gasteiger partial charge in [-0.1, -0.05) is 23.7 Å². The van der Waals surface area contributed by atoms with Crippen molar-refractivity contribution in [2.75, 3.05) is 18.5 Å². The van der Waals surface area contributed by atoms with Gasteiger partial charge in [0.1, 0.15) is 16.9 Å². The molecule has 0 amide bonds. The van der Waals surface area contributed by atoms with Gasteiger partial charge in [-0.3, -0.25) is 0 Å². The molecule has 1 aliphatic heterocycles. The summed E-state index contributed by atoms with van der Waals surface area (Å²) in [5.74, 6) is 0.633. The van der Waals surface area contributed by atoms with Gasteiger partial charge in [-0.25, -0.2) is 9.61 Å². The largest absolute Gasteiger partial charge is 0.389 e. The number of rotatable bonds is 3. The average molecular weight is 347 g/mol. The van der Waals surface area contributed by atoms with Gasteiger partial charge < -0.3 is 15.2 Å². The first-order valence-electron chi connectivity index (χ1n) is 7.62. The fourth-order valence-corrected chi connectivity index (χ4v) is 3.03. The summed E-state index contributed by atoms with van der Waals surface area (Å²) in [6, 6.07) is 7.33. The molecule has 7 nitrogen and oxygen atoms in total. The molecule has 1 aromatic carbocycles. The lowest BCUT2D eigenvalue weighted by atomic mass is 10.0. The maximum absolute atomic E-state index is 10.0. The molecule has 2 atom stereocenters. The summed E-state index contributed by atoms with van der Waals surface area (Å²) in [5.41, 5.74) is 2.89. The SMILES string of the molecule is O[C@@H]1COCC[C@H]1Nc1cc(-c2cccc3nonc23)c(Cl)cn1. The predicted molar refractivity (Wildman–Crippen MR) is 88.9 cm³/mol. The lowest BCUT2D eigenvalue weighted by molar-refractivity contribution is -0.0135. The molecule has 0 spiro atoms. The molecule has 0 radical (unpaired) electrons. The highest BCUT2D eigenvalue weighted by Crippen LogP contribution is 2.33. The molecule has 2 aromatic heterocycles. The fraction of sp³-hybridized carbons (Fsp3) is 0.312. The Morgan fingerprint density at radius 2 is 2.17 bits per heavy atom. The lowest BCUT2D eigenvalue weighted by Crippen LogP contribution is -2.42. The van der Waals surface area contributed by atoms with Gasteiger partial charge in [-0.2, -0.15) is 0 Å². The Hall–Kier alpha value is -2.22. The standard InChI is InChI=1S/C16H15ClN4O3/c17-11-7-18-15(19-12-4-5-23-8-14(12)22)6-10(11)9-2-1-3-13-16(9)21-24-20-13/h1-3,6-7,12,14,22H,4-5,8H2,(H,18,19)/t12-,14-/m1/s1. The van der Waals surface area contributed by atoms with Crippen LogP contribution in [0.5, 0.6) is 0 Å². The molecule has 0 unspecified atom stereocenters. The van der Waals surface area contributed by atoms with Crippen LogP contribution in [-0.4, -0.2) is 45.8 Å². The van der Waals surface area contributed by atoms with Crippen molar-refractivity contribution in [2.24, 2.45) is 0 Å². The molecular formula is C16H15ClN4O3. The number of ether oxygens (including phenoxy) is 1.